The van der Waals surface area contributed by atoms with Gasteiger partial charge in [0.05, 0.1) is 0 Å². The van der Waals surface area contributed by atoms with Gasteiger partial charge in [0, 0.05) is 17.3 Å². The largest absolute Gasteiger partial charge is 0.454 e. The molecular formula is C14H15NO2S. The zero-order chi connectivity index (χ0) is 12.4. The molecule has 3 nitrogen and oxygen atoms in total. The maximum atomic E-state index is 5.42. The van der Waals surface area contributed by atoms with Gasteiger partial charge in [0.2, 0.25) is 6.79 Å². The lowest BCUT2D eigenvalue weighted by molar-refractivity contribution is 0.174. The van der Waals surface area contributed by atoms with Crippen LogP contribution < -0.4 is 14.8 Å². The van der Waals surface area contributed by atoms with E-state index in [1.807, 2.05) is 13.1 Å². The highest BCUT2D eigenvalue weighted by atomic mass is 32.1. The summed E-state index contributed by atoms with van der Waals surface area (Å²) in [4.78, 5) is 1.38. The molecule has 0 fully saturated rings. The van der Waals surface area contributed by atoms with Crippen molar-refractivity contribution in [2.45, 2.75) is 12.5 Å². The first-order valence-corrected chi connectivity index (χ1v) is 6.84. The van der Waals surface area contributed by atoms with Crippen LogP contribution >= 0.6 is 11.3 Å². The highest BCUT2D eigenvalue weighted by Gasteiger charge is 2.17. The molecule has 1 aromatic heterocycles. The van der Waals surface area contributed by atoms with Crippen LogP contribution in [0.1, 0.15) is 16.5 Å². The van der Waals surface area contributed by atoms with E-state index in [2.05, 4.69) is 35.0 Å². The van der Waals surface area contributed by atoms with Gasteiger partial charge < -0.3 is 14.8 Å². The Kier molecular flexibility index (Phi) is 3.21. The van der Waals surface area contributed by atoms with Crippen LogP contribution in [0.3, 0.4) is 0 Å². The minimum Gasteiger partial charge on any atom is -0.454 e. The van der Waals surface area contributed by atoms with Crippen LogP contribution in [0.5, 0.6) is 11.5 Å². The summed E-state index contributed by atoms with van der Waals surface area (Å²) in [6.07, 6.45) is 0.994. The van der Waals surface area contributed by atoms with E-state index in [-0.39, 0.29) is 0 Å². The van der Waals surface area contributed by atoms with E-state index in [9.17, 15) is 0 Å². The SMILES string of the molecule is CNC(Cc1cccs1)c1ccc2c(c1)OCO2. The van der Waals surface area contributed by atoms with Crippen LogP contribution in [0, 0.1) is 0 Å². The van der Waals surface area contributed by atoms with Gasteiger partial charge in [-0.1, -0.05) is 12.1 Å². The quantitative estimate of drug-likeness (QED) is 0.917. The van der Waals surface area contributed by atoms with Crippen LogP contribution in [-0.2, 0) is 6.42 Å². The standard InChI is InChI=1S/C14H15NO2S/c1-15-12(8-11-3-2-6-18-11)10-4-5-13-14(7-10)17-9-16-13/h2-7,12,15H,8-9H2,1H3. The molecular weight excluding hydrogens is 246 g/mol. The lowest BCUT2D eigenvalue weighted by Gasteiger charge is -2.16. The second kappa shape index (κ2) is 5.00. The first kappa shape index (κ1) is 11.6. The summed E-state index contributed by atoms with van der Waals surface area (Å²) in [5.74, 6) is 1.68. The molecule has 2 heterocycles. The third-order valence-electron chi connectivity index (χ3n) is 3.13. The van der Waals surface area contributed by atoms with Crippen molar-refractivity contribution in [2.24, 2.45) is 0 Å². The zero-order valence-corrected chi connectivity index (χ0v) is 11.0. The van der Waals surface area contributed by atoms with Crippen molar-refractivity contribution in [1.29, 1.82) is 0 Å². The topological polar surface area (TPSA) is 30.5 Å². The molecule has 0 saturated heterocycles. The summed E-state index contributed by atoms with van der Waals surface area (Å²) in [6.45, 7) is 0.327. The third-order valence-corrected chi connectivity index (χ3v) is 4.03. The predicted molar refractivity (Wildman–Crippen MR) is 72.4 cm³/mol. The number of rotatable bonds is 4. The second-order valence-electron chi connectivity index (χ2n) is 4.24. The molecule has 0 aliphatic carbocycles. The van der Waals surface area contributed by atoms with Gasteiger partial charge in [-0.2, -0.15) is 0 Å². The summed E-state index contributed by atoms with van der Waals surface area (Å²) in [5.41, 5.74) is 1.23. The van der Waals surface area contributed by atoms with Crippen molar-refractivity contribution < 1.29 is 9.47 Å². The van der Waals surface area contributed by atoms with Gasteiger partial charge in [-0.25, -0.2) is 0 Å². The average molecular weight is 261 g/mol. The summed E-state index contributed by atoms with van der Waals surface area (Å²) in [6, 6.07) is 10.7. The molecule has 0 radical (unpaired) electrons. The van der Waals surface area contributed by atoms with E-state index in [1.165, 1.54) is 10.4 Å². The fraction of sp³-hybridized carbons (Fsp3) is 0.286. The van der Waals surface area contributed by atoms with Crippen molar-refractivity contribution in [3.63, 3.8) is 0 Å². The molecule has 0 saturated carbocycles. The van der Waals surface area contributed by atoms with Crippen LogP contribution in [0.2, 0.25) is 0 Å². The van der Waals surface area contributed by atoms with Crippen LogP contribution in [0.4, 0.5) is 0 Å². The lowest BCUT2D eigenvalue weighted by atomic mass is 10.0. The van der Waals surface area contributed by atoms with E-state index in [1.54, 1.807) is 11.3 Å². The molecule has 1 atom stereocenters. The minimum atomic E-state index is 0.304. The molecule has 1 aliphatic heterocycles. The summed E-state index contributed by atoms with van der Waals surface area (Å²) < 4.78 is 10.8. The number of likely N-dealkylation sites (N-methyl/N-ethyl adjacent to an activating group) is 1. The molecule has 1 N–H and O–H groups in total. The van der Waals surface area contributed by atoms with Crippen molar-refractivity contribution in [2.75, 3.05) is 13.8 Å². The van der Waals surface area contributed by atoms with Crippen LogP contribution in [0.25, 0.3) is 0 Å². The number of ether oxygens (including phenoxy) is 2. The summed E-state index contributed by atoms with van der Waals surface area (Å²) in [7, 11) is 1.99. The van der Waals surface area contributed by atoms with Gasteiger partial charge in [0.15, 0.2) is 11.5 Å². The van der Waals surface area contributed by atoms with E-state index in [4.69, 9.17) is 9.47 Å². The van der Waals surface area contributed by atoms with Gasteiger partial charge in [0.1, 0.15) is 0 Å². The summed E-state index contributed by atoms with van der Waals surface area (Å²) in [5, 5.41) is 5.47. The Labute approximate surface area is 110 Å². The van der Waals surface area contributed by atoms with Crippen LogP contribution in [0.15, 0.2) is 35.7 Å². The van der Waals surface area contributed by atoms with Gasteiger partial charge in [0.25, 0.3) is 0 Å². The fourth-order valence-electron chi connectivity index (χ4n) is 2.15. The number of nitrogens with one attached hydrogen (secondary N) is 1. The van der Waals surface area contributed by atoms with Gasteiger partial charge in [-0.15, -0.1) is 11.3 Å². The molecule has 1 aliphatic rings. The number of fused-ring (bicyclic) bond motifs is 1. The third kappa shape index (κ3) is 2.21. The zero-order valence-electron chi connectivity index (χ0n) is 10.2. The highest BCUT2D eigenvalue weighted by Crippen LogP contribution is 2.35. The normalized spacial score (nSPS) is 14.7. The monoisotopic (exact) mass is 261 g/mol. The molecule has 4 heteroatoms. The van der Waals surface area contributed by atoms with E-state index in [0.717, 1.165) is 17.9 Å². The average Bonchev–Trinajstić information content (AvgIpc) is 3.06. The number of thiophene rings is 1. The van der Waals surface area contributed by atoms with Crippen molar-refractivity contribution in [3.05, 3.63) is 46.2 Å². The molecule has 1 unspecified atom stereocenters. The van der Waals surface area contributed by atoms with E-state index < -0.39 is 0 Å². The van der Waals surface area contributed by atoms with Crippen LogP contribution in [-0.4, -0.2) is 13.8 Å². The number of benzene rings is 1. The molecule has 3 rings (SSSR count). The minimum absolute atomic E-state index is 0.304. The Balaban J connectivity index is 1.83. The first-order valence-electron chi connectivity index (χ1n) is 5.96. The van der Waals surface area contributed by atoms with Crippen molar-refractivity contribution >= 4 is 11.3 Å². The molecule has 18 heavy (non-hydrogen) atoms. The Morgan fingerprint density at radius 1 is 1.28 bits per heavy atom. The molecule has 1 aromatic carbocycles. The Morgan fingerprint density at radius 2 is 2.17 bits per heavy atom. The van der Waals surface area contributed by atoms with E-state index in [0.29, 0.717) is 12.8 Å². The molecule has 0 spiro atoms. The maximum absolute atomic E-state index is 5.42. The predicted octanol–water partition coefficient (Wildman–Crippen LogP) is 2.98. The Hall–Kier alpha value is -1.52. The highest BCUT2D eigenvalue weighted by molar-refractivity contribution is 7.09. The lowest BCUT2D eigenvalue weighted by Crippen LogP contribution is -2.18. The van der Waals surface area contributed by atoms with Gasteiger partial charge >= 0.3 is 0 Å². The Bertz CT molecular complexity index is 525. The first-order chi connectivity index (χ1) is 8.86. The fourth-order valence-corrected chi connectivity index (χ4v) is 2.90. The molecule has 94 valence electrons. The van der Waals surface area contributed by atoms with Crippen molar-refractivity contribution in [1.82, 2.24) is 5.32 Å². The van der Waals surface area contributed by atoms with E-state index >= 15 is 0 Å². The smallest absolute Gasteiger partial charge is 0.231 e. The van der Waals surface area contributed by atoms with Gasteiger partial charge in [-0.3, -0.25) is 0 Å². The number of hydrogen-bond donors (Lipinski definition) is 1. The molecule has 0 bridgehead atoms. The maximum Gasteiger partial charge on any atom is 0.231 e. The second-order valence-corrected chi connectivity index (χ2v) is 5.27. The molecule has 2 aromatic rings. The Morgan fingerprint density at radius 3 is 2.94 bits per heavy atom. The molecule has 0 amide bonds. The van der Waals surface area contributed by atoms with Gasteiger partial charge in [-0.05, 0) is 36.2 Å². The van der Waals surface area contributed by atoms with Crippen molar-refractivity contribution in [3.8, 4) is 11.5 Å². The number of hydrogen-bond acceptors (Lipinski definition) is 4. The summed E-state index contributed by atoms with van der Waals surface area (Å²) >= 11 is 1.79.